The number of hydrogen-bond acceptors (Lipinski definition) is 3. The molecule has 0 bridgehead atoms. The van der Waals surface area contributed by atoms with Crippen LogP contribution >= 0.6 is 0 Å². The first kappa shape index (κ1) is 15.7. The van der Waals surface area contributed by atoms with Crippen molar-refractivity contribution in [2.45, 2.75) is 19.8 Å². The van der Waals surface area contributed by atoms with Gasteiger partial charge in [0.15, 0.2) is 0 Å². The quantitative estimate of drug-likeness (QED) is 0.934. The van der Waals surface area contributed by atoms with E-state index >= 15 is 0 Å². The first-order valence-electron chi connectivity index (χ1n) is 7.59. The number of hydrogen-bond donors (Lipinski definition) is 1. The molecule has 5 nitrogen and oxygen atoms in total. The van der Waals surface area contributed by atoms with Gasteiger partial charge in [-0.1, -0.05) is 38.1 Å². The number of nitrogens with zero attached hydrogens (tertiary/aromatic N) is 1. The molecular formula is C17H20N2O3S. The van der Waals surface area contributed by atoms with Gasteiger partial charge in [-0.25, -0.2) is 4.31 Å². The summed E-state index contributed by atoms with van der Waals surface area (Å²) < 4.78 is 34.9. The maximum Gasteiger partial charge on any atom is 0.324 e. The van der Waals surface area contributed by atoms with Crippen LogP contribution in [0.15, 0.2) is 48.5 Å². The molecule has 1 aliphatic heterocycles. The molecule has 3 rings (SSSR count). The van der Waals surface area contributed by atoms with Crippen LogP contribution in [-0.4, -0.2) is 21.6 Å². The zero-order valence-electron chi connectivity index (χ0n) is 13.2. The minimum absolute atomic E-state index is 0.288. The molecule has 0 aliphatic carbocycles. The first-order valence-corrected chi connectivity index (χ1v) is 9.03. The van der Waals surface area contributed by atoms with E-state index < -0.39 is 10.2 Å². The van der Waals surface area contributed by atoms with Crippen LogP contribution in [-0.2, 0) is 10.2 Å². The molecule has 1 heterocycles. The SMILES string of the molecule is CC(C)c1ccc(NS(=O)(=O)N2CCOc3ccccc32)cc1. The van der Waals surface area contributed by atoms with Gasteiger partial charge in [-0.2, -0.15) is 8.42 Å². The lowest BCUT2D eigenvalue weighted by Gasteiger charge is -2.30. The van der Waals surface area contributed by atoms with E-state index in [-0.39, 0.29) is 6.54 Å². The first-order chi connectivity index (χ1) is 11.0. The van der Waals surface area contributed by atoms with E-state index in [0.717, 1.165) is 0 Å². The molecule has 0 spiro atoms. The minimum Gasteiger partial charge on any atom is -0.489 e. The van der Waals surface area contributed by atoms with Gasteiger partial charge >= 0.3 is 10.2 Å². The van der Waals surface area contributed by atoms with Crippen molar-refractivity contribution in [1.29, 1.82) is 0 Å². The third-order valence-electron chi connectivity index (χ3n) is 3.80. The fourth-order valence-corrected chi connectivity index (χ4v) is 3.80. The standard InChI is InChI=1S/C17H20N2O3S/c1-13(2)14-7-9-15(10-8-14)18-23(20,21)19-11-12-22-17-6-4-3-5-16(17)19/h3-10,13,18H,11-12H2,1-2H3. The molecule has 0 radical (unpaired) electrons. The van der Waals surface area contributed by atoms with Crippen LogP contribution in [0.4, 0.5) is 11.4 Å². The molecule has 122 valence electrons. The number of rotatable bonds is 4. The molecule has 2 aromatic rings. The van der Waals surface area contributed by atoms with Crippen LogP contribution in [0.1, 0.15) is 25.3 Å². The fraction of sp³-hybridized carbons (Fsp3) is 0.294. The Morgan fingerprint density at radius 2 is 1.78 bits per heavy atom. The van der Waals surface area contributed by atoms with Crippen molar-refractivity contribution in [3.8, 4) is 5.75 Å². The van der Waals surface area contributed by atoms with Crippen molar-refractivity contribution >= 4 is 21.6 Å². The maximum absolute atomic E-state index is 12.7. The third-order valence-corrected chi connectivity index (χ3v) is 5.25. The Kier molecular flexibility index (Phi) is 4.17. The molecule has 6 heteroatoms. The summed E-state index contributed by atoms with van der Waals surface area (Å²) in [6, 6.07) is 14.6. The Morgan fingerprint density at radius 3 is 2.48 bits per heavy atom. The second-order valence-corrected chi connectivity index (χ2v) is 7.37. The monoisotopic (exact) mass is 332 g/mol. The molecule has 1 N–H and O–H groups in total. The van der Waals surface area contributed by atoms with E-state index in [1.165, 1.54) is 9.87 Å². The summed E-state index contributed by atoms with van der Waals surface area (Å²) in [5.41, 5.74) is 2.29. The number of ether oxygens (including phenoxy) is 1. The van der Waals surface area contributed by atoms with Gasteiger partial charge in [-0.05, 0) is 35.7 Å². The molecule has 0 aromatic heterocycles. The van der Waals surface area contributed by atoms with Gasteiger partial charge in [0.2, 0.25) is 0 Å². The van der Waals surface area contributed by atoms with E-state index in [9.17, 15) is 8.42 Å². The molecule has 23 heavy (non-hydrogen) atoms. The largest absolute Gasteiger partial charge is 0.489 e. The molecule has 1 aliphatic rings. The van der Waals surface area contributed by atoms with Crippen molar-refractivity contribution in [3.63, 3.8) is 0 Å². The summed E-state index contributed by atoms with van der Waals surface area (Å²) >= 11 is 0. The van der Waals surface area contributed by atoms with Crippen LogP contribution in [0.2, 0.25) is 0 Å². The lowest BCUT2D eigenvalue weighted by Crippen LogP contribution is -2.41. The van der Waals surface area contributed by atoms with Gasteiger partial charge in [0.25, 0.3) is 0 Å². The number of benzene rings is 2. The van der Waals surface area contributed by atoms with Gasteiger partial charge in [-0.3, -0.25) is 4.72 Å². The highest BCUT2D eigenvalue weighted by Crippen LogP contribution is 2.33. The van der Waals surface area contributed by atoms with Crippen LogP contribution in [0.25, 0.3) is 0 Å². The Labute approximate surface area is 137 Å². The van der Waals surface area contributed by atoms with E-state index in [4.69, 9.17) is 4.74 Å². The number of nitrogens with one attached hydrogen (secondary N) is 1. The van der Waals surface area contributed by atoms with Crippen molar-refractivity contribution in [1.82, 2.24) is 0 Å². The van der Waals surface area contributed by atoms with Crippen molar-refractivity contribution in [2.24, 2.45) is 0 Å². The van der Waals surface area contributed by atoms with Crippen molar-refractivity contribution in [2.75, 3.05) is 22.2 Å². The molecule has 0 atom stereocenters. The molecule has 0 amide bonds. The van der Waals surface area contributed by atoms with Gasteiger partial charge in [0.1, 0.15) is 12.4 Å². The predicted molar refractivity (Wildman–Crippen MR) is 92.4 cm³/mol. The number of para-hydroxylation sites is 2. The van der Waals surface area contributed by atoms with Crippen LogP contribution < -0.4 is 13.8 Å². The smallest absolute Gasteiger partial charge is 0.324 e. The molecular weight excluding hydrogens is 312 g/mol. The zero-order valence-corrected chi connectivity index (χ0v) is 14.0. The van der Waals surface area contributed by atoms with Crippen LogP contribution in [0.5, 0.6) is 5.75 Å². The molecule has 2 aromatic carbocycles. The highest BCUT2D eigenvalue weighted by Gasteiger charge is 2.28. The second kappa shape index (κ2) is 6.12. The normalized spacial score (nSPS) is 14.3. The van der Waals surface area contributed by atoms with Gasteiger partial charge < -0.3 is 4.74 Å². The highest BCUT2D eigenvalue weighted by molar-refractivity contribution is 7.94. The van der Waals surface area contributed by atoms with Gasteiger partial charge in [-0.15, -0.1) is 0 Å². The topological polar surface area (TPSA) is 58.6 Å². The lowest BCUT2D eigenvalue weighted by molar-refractivity contribution is 0.316. The summed E-state index contributed by atoms with van der Waals surface area (Å²) in [6.07, 6.45) is 0. The van der Waals surface area contributed by atoms with E-state index in [1.54, 1.807) is 30.3 Å². The molecule has 0 unspecified atom stereocenters. The van der Waals surface area contributed by atoms with E-state index in [0.29, 0.717) is 29.6 Å². The summed E-state index contributed by atoms with van der Waals surface area (Å²) in [4.78, 5) is 0. The zero-order chi connectivity index (χ0) is 16.4. The highest BCUT2D eigenvalue weighted by atomic mass is 32.2. The minimum atomic E-state index is -3.68. The summed E-state index contributed by atoms with van der Waals surface area (Å²) in [7, 11) is -3.68. The van der Waals surface area contributed by atoms with E-state index in [1.807, 2.05) is 18.2 Å². The Balaban J connectivity index is 1.85. The van der Waals surface area contributed by atoms with Crippen LogP contribution in [0.3, 0.4) is 0 Å². The van der Waals surface area contributed by atoms with Gasteiger partial charge in [0, 0.05) is 0 Å². The fourth-order valence-electron chi connectivity index (χ4n) is 2.53. The summed E-state index contributed by atoms with van der Waals surface area (Å²) in [5.74, 6) is 0.992. The molecule has 0 saturated carbocycles. The van der Waals surface area contributed by atoms with Crippen molar-refractivity contribution in [3.05, 3.63) is 54.1 Å². The summed E-state index contributed by atoms with van der Waals surface area (Å²) in [6.45, 7) is 4.83. The molecule has 0 fully saturated rings. The van der Waals surface area contributed by atoms with E-state index in [2.05, 4.69) is 18.6 Å². The third kappa shape index (κ3) is 3.27. The van der Waals surface area contributed by atoms with Gasteiger partial charge in [0.05, 0.1) is 17.9 Å². The predicted octanol–water partition coefficient (Wildman–Crippen LogP) is 3.37. The Morgan fingerprint density at radius 1 is 1.09 bits per heavy atom. The second-order valence-electron chi connectivity index (χ2n) is 5.77. The Bertz CT molecular complexity index is 786. The van der Waals surface area contributed by atoms with Crippen LogP contribution in [0, 0.1) is 0 Å². The number of fused-ring (bicyclic) bond motifs is 1. The summed E-state index contributed by atoms with van der Waals surface area (Å²) in [5, 5.41) is 0. The maximum atomic E-state index is 12.7. The Hall–Kier alpha value is -2.21. The lowest BCUT2D eigenvalue weighted by atomic mass is 10.0. The average molecular weight is 332 g/mol. The molecule has 0 saturated heterocycles. The average Bonchev–Trinajstić information content (AvgIpc) is 2.54. The number of anilines is 2. The van der Waals surface area contributed by atoms with Crippen molar-refractivity contribution < 1.29 is 13.2 Å².